The highest BCUT2D eigenvalue weighted by Crippen LogP contribution is 2.54. The summed E-state index contributed by atoms with van der Waals surface area (Å²) in [5.74, 6) is 2.20. The van der Waals surface area contributed by atoms with Crippen molar-refractivity contribution in [2.45, 2.75) is 26.2 Å². The molecule has 3 fully saturated rings. The summed E-state index contributed by atoms with van der Waals surface area (Å²) in [4.78, 5) is 21.4. The summed E-state index contributed by atoms with van der Waals surface area (Å²) in [7, 11) is 4.58. The van der Waals surface area contributed by atoms with Crippen LogP contribution in [-0.2, 0) is 23.8 Å². The Balaban J connectivity index is 0.000000193. The van der Waals surface area contributed by atoms with Crippen LogP contribution in [0, 0.1) is 23.7 Å². The number of cyclic esters (lactones) is 1. The van der Waals surface area contributed by atoms with E-state index < -0.39 is 0 Å². The molecule has 21 heavy (non-hydrogen) atoms. The van der Waals surface area contributed by atoms with Crippen molar-refractivity contribution >= 4 is 11.9 Å². The molecule has 0 aromatic rings. The van der Waals surface area contributed by atoms with Crippen LogP contribution in [0.4, 0.5) is 0 Å². The Bertz CT molecular complexity index is 390. The average molecular weight is 298 g/mol. The molecule has 2 saturated carbocycles. The van der Waals surface area contributed by atoms with E-state index in [1.54, 1.807) is 21.1 Å². The molecule has 0 aromatic heterocycles. The van der Waals surface area contributed by atoms with Gasteiger partial charge in [-0.25, -0.2) is 4.79 Å². The molecule has 4 unspecified atom stereocenters. The molecule has 4 atom stereocenters. The molecule has 3 rings (SSSR count). The summed E-state index contributed by atoms with van der Waals surface area (Å²) < 4.78 is 13.6. The highest BCUT2D eigenvalue weighted by molar-refractivity contribution is 5.86. The fourth-order valence-corrected chi connectivity index (χ4v) is 3.47. The summed E-state index contributed by atoms with van der Waals surface area (Å²) >= 11 is 0. The minimum Gasteiger partial charge on any atom is -0.466 e. The van der Waals surface area contributed by atoms with Crippen LogP contribution in [-0.4, -0.2) is 39.9 Å². The SMILES string of the molecule is C=C(C)C(=O)OC.COC.O=C1OCC2C3CCC(C3)C12. The standard InChI is InChI=1S/C9H12O2.C5H8O2.C2H6O/c10-9-8-6-2-1-5(3-6)7(8)4-11-9;1-4(2)5(6)7-3;1-3-2/h5-8H,1-4H2;1H2,2-3H3;1-2H3. The average Bonchev–Trinajstić information content (AvgIpc) is 3.14. The third kappa shape index (κ3) is 4.30. The Kier molecular flexibility index (Phi) is 6.89. The van der Waals surface area contributed by atoms with Crippen molar-refractivity contribution in [1.29, 1.82) is 0 Å². The van der Waals surface area contributed by atoms with Crippen molar-refractivity contribution in [3.63, 3.8) is 0 Å². The van der Waals surface area contributed by atoms with E-state index in [-0.39, 0.29) is 11.9 Å². The lowest BCUT2D eigenvalue weighted by atomic mass is 9.81. The van der Waals surface area contributed by atoms with Gasteiger partial charge in [-0.2, -0.15) is 0 Å². The maximum atomic E-state index is 11.2. The molecule has 2 bridgehead atoms. The van der Waals surface area contributed by atoms with E-state index in [0.717, 1.165) is 12.5 Å². The maximum absolute atomic E-state index is 11.2. The van der Waals surface area contributed by atoms with Crippen LogP contribution in [0.3, 0.4) is 0 Å². The zero-order chi connectivity index (χ0) is 16.0. The normalized spacial score (nSPS) is 31.1. The fourth-order valence-electron chi connectivity index (χ4n) is 3.47. The van der Waals surface area contributed by atoms with Crippen LogP contribution in [0.5, 0.6) is 0 Å². The third-order valence-electron chi connectivity index (χ3n) is 4.31. The van der Waals surface area contributed by atoms with Gasteiger partial charge in [0.05, 0.1) is 19.6 Å². The van der Waals surface area contributed by atoms with Crippen molar-refractivity contribution in [1.82, 2.24) is 0 Å². The Hall–Kier alpha value is -1.36. The highest BCUT2D eigenvalue weighted by Gasteiger charge is 2.54. The van der Waals surface area contributed by atoms with Crippen molar-refractivity contribution in [2.24, 2.45) is 23.7 Å². The van der Waals surface area contributed by atoms with Crippen molar-refractivity contribution in [2.75, 3.05) is 27.9 Å². The monoisotopic (exact) mass is 298 g/mol. The molecular weight excluding hydrogens is 272 g/mol. The van der Waals surface area contributed by atoms with Crippen LogP contribution in [0.25, 0.3) is 0 Å². The molecule has 1 aliphatic heterocycles. The number of fused-ring (bicyclic) bond motifs is 5. The molecule has 1 heterocycles. The van der Waals surface area contributed by atoms with Gasteiger partial charge in [-0.15, -0.1) is 0 Å². The molecule has 0 radical (unpaired) electrons. The summed E-state index contributed by atoms with van der Waals surface area (Å²) in [6, 6.07) is 0. The summed E-state index contributed by atoms with van der Waals surface area (Å²) in [5, 5.41) is 0. The smallest absolute Gasteiger partial charge is 0.332 e. The predicted octanol–water partition coefficient (Wildman–Crippen LogP) is 2.20. The van der Waals surface area contributed by atoms with E-state index in [1.807, 2.05) is 0 Å². The number of rotatable bonds is 1. The van der Waals surface area contributed by atoms with Gasteiger partial charge >= 0.3 is 11.9 Å². The molecule has 2 aliphatic carbocycles. The van der Waals surface area contributed by atoms with Gasteiger partial charge in [0.1, 0.15) is 0 Å². The van der Waals surface area contributed by atoms with Gasteiger partial charge in [0.15, 0.2) is 0 Å². The van der Waals surface area contributed by atoms with E-state index >= 15 is 0 Å². The lowest BCUT2D eigenvalue weighted by Gasteiger charge is -2.19. The molecule has 120 valence electrons. The lowest BCUT2D eigenvalue weighted by Crippen LogP contribution is -2.22. The zero-order valence-corrected chi connectivity index (χ0v) is 13.4. The number of carbonyl (C=O) groups excluding carboxylic acids is 2. The summed E-state index contributed by atoms with van der Waals surface area (Å²) in [5.41, 5.74) is 0.433. The van der Waals surface area contributed by atoms with Gasteiger partial charge in [0, 0.05) is 25.7 Å². The highest BCUT2D eigenvalue weighted by atomic mass is 16.5. The summed E-state index contributed by atoms with van der Waals surface area (Å²) in [6.07, 6.45) is 3.94. The van der Waals surface area contributed by atoms with E-state index in [4.69, 9.17) is 4.74 Å². The number of carbonyl (C=O) groups is 2. The van der Waals surface area contributed by atoms with E-state index in [1.165, 1.54) is 26.4 Å². The van der Waals surface area contributed by atoms with Crippen LogP contribution >= 0.6 is 0 Å². The maximum Gasteiger partial charge on any atom is 0.332 e. The van der Waals surface area contributed by atoms with Crippen LogP contribution in [0.15, 0.2) is 12.2 Å². The zero-order valence-electron chi connectivity index (χ0n) is 13.4. The first-order valence-electron chi connectivity index (χ1n) is 7.26. The van der Waals surface area contributed by atoms with Gasteiger partial charge in [0.2, 0.25) is 0 Å². The second-order valence-corrected chi connectivity index (χ2v) is 5.83. The van der Waals surface area contributed by atoms with Crippen LogP contribution < -0.4 is 0 Å². The molecule has 5 heteroatoms. The van der Waals surface area contributed by atoms with Gasteiger partial charge < -0.3 is 14.2 Å². The number of methoxy groups -OCH3 is 2. The second kappa shape index (κ2) is 8.17. The quantitative estimate of drug-likeness (QED) is 0.548. The van der Waals surface area contributed by atoms with E-state index in [9.17, 15) is 9.59 Å². The molecular formula is C16H26O5. The molecule has 5 nitrogen and oxygen atoms in total. The Morgan fingerprint density at radius 1 is 1.24 bits per heavy atom. The minimum absolute atomic E-state index is 0.0993. The molecule has 0 aromatic carbocycles. The Morgan fingerprint density at radius 2 is 1.81 bits per heavy atom. The minimum atomic E-state index is -0.347. The first kappa shape index (κ1) is 17.7. The van der Waals surface area contributed by atoms with Gasteiger partial charge in [0.25, 0.3) is 0 Å². The van der Waals surface area contributed by atoms with E-state index in [0.29, 0.717) is 23.3 Å². The van der Waals surface area contributed by atoms with Crippen LogP contribution in [0.2, 0.25) is 0 Å². The van der Waals surface area contributed by atoms with Crippen molar-refractivity contribution in [3.8, 4) is 0 Å². The molecule has 0 spiro atoms. The largest absolute Gasteiger partial charge is 0.466 e. The molecule has 1 saturated heterocycles. The Labute approximate surface area is 126 Å². The van der Waals surface area contributed by atoms with Gasteiger partial charge in [-0.1, -0.05) is 6.58 Å². The third-order valence-corrected chi connectivity index (χ3v) is 4.31. The lowest BCUT2D eigenvalue weighted by molar-refractivity contribution is -0.142. The number of hydrogen-bond acceptors (Lipinski definition) is 5. The number of esters is 2. The second-order valence-electron chi connectivity index (χ2n) is 5.83. The van der Waals surface area contributed by atoms with Crippen molar-refractivity contribution in [3.05, 3.63) is 12.2 Å². The predicted molar refractivity (Wildman–Crippen MR) is 78.5 cm³/mol. The Morgan fingerprint density at radius 3 is 2.24 bits per heavy atom. The summed E-state index contributed by atoms with van der Waals surface area (Å²) in [6.45, 7) is 5.68. The molecule has 3 aliphatic rings. The molecule has 0 N–H and O–H groups in total. The fraction of sp³-hybridized carbons (Fsp3) is 0.750. The van der Waals surface area contributed by atoms with Gasteiger partial charge in [-0.05, 0) is 38.0 Å². The van der Waals surface area contributed by atoms with E-state index in [2.05, 4.69) is 16.1 Å². The first-order chi connectivity index (χ1) is 9.96. The van der Waals surface area contributed by atoms with Crippen molar-refractivity contribution < 1.29 is 23.8 Å². The first-order valence-corrected chi connectivity index (χ1v) is 7.26. The van der Waals surface area contributed by atoms with Gasteiger partial charge in [-0.3, -0.25) is 4.79 Å². The number of hydrogen-bond donors (Lipinski definition) is 0. The topological polar surface area (TPSA) is 61.8 Å². The van der Waals surface area contributed by atoms with Crippen LogP contribution in [0.1, 0.15) is 26.2 Å². The number of ether oxygens (including phenoxy) is 3. The molecule has 0 amide bonds.